The van der Waals surface area contributed by atoms with Gasteiger partial charge in [0.15, 0.2) is 0 Å². The second kappa shape index (κ2) is 5.99. The summed E-state index contributed by atoms with van der Waals surface area (Å²) in [5, 5.41) is 4.02. The monoisotopic (exact) mass is 383 g/mol. The summed E-state index contributed by atoms with van der Waals surface area (Å²) in [5.41, 5.74) is 2.99. The van der Waals surface area contributed by atoms with Crippen molar-refractivity contribution in [2.24, 2.45) is 0 Å². The van der Waals surface area contributed by atoms with Gasteiger partial charge in [0, 0.05) is 11.6 Å². The van der Waals surface area contributed by atoms with Gasteiger partial charge >= 0.3 is 0 Å². The molecule has 0 fully saturated rings. The van der Waals surface area contributed by atoms with E-state index in [1.165, 1.54) is 0 Å². The molecule has 2 aromatic carbocycles. The molecule has 2 atom stereocenters. The quantitative estimate of drug-likeness (QED) is 0.670. The van der Waals surface area contributed by atoms with Gasteiger partial charge < -0.3 is 5.32 Å². The summed E-state index contributed by atoms with van der Waals surface area (Å²) in [6.07, 6.45) is 0.667. The first-order valence-corrected chi connectivity index (χ1v) is 8.22. The molecule has 21 heavy (non-hydrogen) atoms. The lowest BCUT2D eigenvalue weighted by Crippen LogP contribution is -2.21. The van der Waals surface area contributed by atoms with E-state index in [4.69, 9.17) is 23.2 Å². The fourth-order valence-electron chi connectivity index (χ4n) is 2.61. The van der Waals surface area contributed by atoms with Gasteiger partial charge in [0.05, 0.1) is 14.9 Å². The number of carbonyl (C=O) groups is 1. The molecule has 108 valence electrons. The van der Waals surface area contributed by atoms with Crippen LogP contribution in [0.25, 0.3) is 0 Å². The molecule has 0 bridgehead atoms. The lowest BCUT2D eigenvalue weighted by atomic mass is 9.87. The topological polar surface area (TPSA) is 29.1 Å². The number of benzene rings is 2. The van der Waals surface area contributed by atoms with E-state index in [1.54, 1.807) is 6.07 Å². The van der Waals surface area contributed by atoms with Crippen LogP contribution in [0.2, 0.25) is 10.0 Å². The molecule has 1 amide bonds. The molecular formula is C16H12BrCl2NO. The van der Waals surface area contributed by atoms with Gasteiger partial charge in [0.1, 0.15) is 0 Å². The predicted octanol–water partition coefficient (Wildman–Crippen LogP) is 5.23. The van der Waals surface area contributed by atoms with Gasteiger partial charge in [0.2, 0.25) is 5.91 Å². The molecule has 2 aromatic rings. The maximum atomic E-state index is 12.1. The van der Waals surface area contributed by atoms with Crippen molar-refractivity contribution >= 4 is 50.7 Å². The van der Waals surface area contributed by atoms with Gasteiger partial charge in [0.25, 0.3) is 0 Å². The first-order valence-electron chi connectivity index (χ1n) is 6.55. The van der Waals surface area contributed by atoms with Gasteiger partial charge in [-0.3, -0.25) is 4.79 Å². The van der Waals surface area contributed by atoms with Crippen LogP contribution >= 0.6 is 39.1 Å². The van der Waals surface area contributed by atoms with E-state index in [0.29, 0.717) is 16.5 Å². The number of anilines is 1. The molecule has 0 saturated carbocycles. The van der Waals surface area contributed by atoms with Crippen LogP contribution in [-0.2, 0) is 4.79 Å². The summed E-state index contributed by atoms with van der Waals surface area (Å²) in [6, 6.07) is 13.5. The molecule has 3 rings (SSSR count). The Balaban J connectivity index is 2.11. The molecule has 1 N–H and O–H groups in total. The molecule has 0 saturated heterocycles. The summed E-state index contributed by atoms with van der Waals surface area (Å²) in [4.78, 5) is 11.8. The normalized spacial score (nSPS) is 21.4. The molecule has 1 heterocycles. The fourth-order valence-corrected chi connectivity index (χ4v) is 3.41. The highest BCUT2D eigenvalue weighted by atomic mass is 79.9. The largest absolute Gasteiger partial charge is 0.325 e. The molecule has 5 heteroatoms. The highest BCUT2D eigenvalue weighted by molar-refractivity contribution is 9.10. The fraction of sp³-hybridized carbons (Fsp3) is 0.188. The van der Waals surface area contributed by atoms with Crippen molar-refractivity contribution < 1.29 is 4.79 Å². The van der Waals surface area contributed by atoms with Gasteiger partial charge in [-0.2, -0.15) is 0 Å². The van der Waals surface area contributed by atoms with Crippen molar-refractivity contribution in [2.75, 3.05) is 5.32 Å². The van der Waals surface area contributed by atoms with E-state index in [2.05, 4.69) is 21.2 Å². The average molecular weight is 385 g/mol. The third-order valence-electron chi connectivity index (χ3n) is 3.67. The van der Waals surface area contributed by atoms with Crippen molar-refractivity contribution in [3.8, 4) is 0 Å². The SMILES string of the molecule is O=C1Nc2ccccc2C(c2ccc(Cl)c(Cl)c2)CC1Br. The number of alkyl halides is 1. The van der Waals surface area contributed by atoms with Crippen molar-refractivity contribution in [2.45, 2.75) is 17.2 Å². The van der Waals surface area contributed by atoms with Crippen LogP contribution in [0.5, 0.6) is 0 Å². The molecule has 0 spiro atoms. The Bertz CT molecular complexity index is 704. The molecule has 1 aliphatic heterocycles. The van der Waals surface area contributed by atoms with Crippen molar-refractivity contribution in [3.05, 3.63) is 63.6 Å². The summed E-state index contributed by atoms with van der Waals surface area (Å²) in [7, 11) is 0. The minimum atomic E-state index is -0.246. The Morgan fingerprint density at radius 3 is 2.62 bits per heavy atom. The zero-order chi connectivity index (χ0) is 15.0. The van der Waals surface area contributed by atoms with E-state index in [9.17, 15) is 4.79 Å². The van der Waals surface area contributed by atoms with Crippen molar-refractivity contribution in [1.82, 2.24) is 0 Å². The molecule has 2 nitrogen and oxygen atoms in total. The first kappa shape index (κ1) is 14.9. The summed E-state index contributed by atoms with van der Waals surface area (Å²) >= 11 is 15.6. The number of rotatable bonds is 1. The lowest BCUT2D eigenvalue weighted by molar-refractivity contribution is -0.115. The zero-order valence-corrected chi connectivity index (χ0v) is 14.0. The molecule has 2 unspecified atom stereocenters. The van der Waals surface area contributed by atoms with Crippen LogP contribution in [0, 0.1) is 0 Å². The Kier molecular flexibility index (Phi) is 4.25. The Labute approximate surface area is 141 Å². The van der Waals surface area contributed by atoms with E-state index in [-0.39, 0.29) is 16.7 Å². The van der Waals surface area contributed by atoms with Crippen molar-refractivity contribution in [3.63, 3.8) is 0 Å². The summed E-state index contributed by atoms with van der Waals surface area (Å²) < 4.78 is 0. The number of amides is 1. The second-order valence-electron chi connectivity index (χ2n) is 5.01. The number of nitrogens with one attached hydrogen (secondary N) is 1. The highest BCUT2D eigenvalue weighted by Gasteiger charge is 2.29. The minimum Gasteiger partial charge on any atom is -0.325 e. The number of carbonyl (C=O) groups excluding carboxylic acids is 1. The molecule has 1 aliphatic rings. The Morgan fingerprint density at radius 2 is 1.86 bits per heavy atom. The lowest BCUT2D eigenvalue weighted by Gasteiger charge is -2.19. The summed E-state index contributed by atoms with van der Waals surface area (Å²) in [6.45, 7) is 0. The maximum Gasteiger partial charge on any atom is 0.238 e. The number of hydrogen-bond donors (Lipinski definition) is 1. The number of fused-ring (bicyclic) bond motifs is 1. The highest BCUT2D eigenvalue weighted by Crippen LogP contribution is 2.39. The van der Waals surface area contributed by atoms with Gasteiger partial charge in [-0.15, -0.1) is 0 Å². The molecule has 0 aromatic heterocycles. The average Bonchev–Trinajstić information content (AvgIpc) is 2.60. The van der Waals surface area contributed by atoms with E-state index < -0.39 is 0 Å². The van der Waals surface area contributed by atoms with Crippen LogP contribution in [0.3, 0.4) is 0 Å². The Hall–Kier alpha value is -1.03. The molecular weight excluding hydrogens is 373 g/mol. The summed E-state index contributed by atoms with van der Waals surface area (Å²) in [5.74, 6) is 0.0595. The molecule has 0 aliphatic carbocycles. The first-order chi connectivity index (χ1) is 10.1. The smallest absolute Gasteiger partial charge is 0.238 e. The minimum absolute atomic E-state index is 0.0231. The van der Waals surface area contributed by atoms with E-state index in [1.807, 2.05) is 36.4 Å². The number of hydrogen-bond acceptors (Lipinski definition) is 1. The van der Waals surface area contributed by atoms with Crippen LogP contribution in [0.1, 0.15) is 23.5 Å². The number of halogens is 3. The van der Waals surface area contributed by atoms with E-state index in [0.717, 1.165) is 16.8 Å². The molecule has 0 radical (unpaired) electrons. The van der Waals surface area contributed by atoms with Crippen LogP contribution < -0.4 is 5.32 Å². The second-order valence-corrected chi connectivity index (χ2v) is 6.93. The van der Waals surface area contributed by atoms with Gasteiger partial charge in [-0.25, -0.2) is 0 Å². The van der Waals surface area contributed by atoms with Crippen LogP contribution in [0.15, 0.2) is 42.5 Å². The van der Waals surface area contributed by atoms with Gasteiger partial charge in [-0.05, 0) is 35.7 Å². The zero-order valence-electron chi connectivity index (χ0n) is 10.9. The number of para-hydroxylation sites is 1. The van der Waals surface area contributed by atoms with Crippen molar-refractivity contribution in [1.29, 1.82) is 0 Å². The third-order valence-corrected chi connectivity index (χ3v) is 5.20. The van der Waals surface area contributed by atoms with Crippen LogP contribution in [0.4, 0.5) is 5.69 Å². The Morgan fingerprint density at radius 1 is 1.10 bits per heavy atom. The standard InChI is InChI=1S/C16H12BrCl2NO/c17-12-8-11(9-5-6-13(18)14(19)7-9)10-3-1-2-4-15(10)20-16(12)21/h1-7,11-12H,8H2,(H,20,21). The van der Waals surface area contributed by atoms with Gasteiger partial charge in [-0.1, -0.05) is 63.4 Å². The van der Waals surface area contributed by atoms with Crippen LogP contribution in [-0.4, -0.2) is 10.7 Å². The predicted molar refractivity (Wildman–Crippen MR) is 90.7 cm³/mol. The third kappa shape index (κ3) is 2.96. The maximum absolute atomic E-state index is 12.1. The van der Waals surface area contributed by atoms with E-state index >= 15 is 0 Å².